The first-order chi connectivity index (χ1) is 10.8. The molecule has 22 heavy (non-hydrogen) atoms. The fraction of sp³-hybridized carbons (Fsp3) is 0.471. The van der Waals surface area contributed by atoms with E-state index in [1.54, 1.807) is 12.4 Å². The van der Waals surface area contributed by atoms with E-state index in [0.717, 1.165) is 43.6 Å². The summed E-state index contributed by atoms with van der Waals surface area (Å²) in [6.45, 7) is 1.76. The van der Waals surface area contributed by atoms with Gasteiger partial charge < -0.3 is 4.90 Å². The zero-order valence-corrected chi connectivity index (χ0v) is 12.7. The van der Waals surface area contributed by atoms with E-state index < -0.39 is 0 Å². The number of piperidine rings is 1. The van der Waals surface area contributed by atoms with Crippen LogP contribution in [0.5, 0.6) is 0 Å². The second kappa shape index (κ2) is 7.20. The first-order valence-electron chi connectivity index (χ1n) is 7.96. The maximum atomic E-state index is 12.4. The fourth-order valence-corrected chi connectivity index (χ4v) is 3.12. The van der Waals surface area contributed by atoms with Crippen LogP contribution < -0.4 is 0 Å². The van der Waals surface area contributed by atoms with Gasteiger partial charge in [0, 0.05) is 43.8 Å². The summed E-state index contributed by atoms with van der Waals surface area (Å²) in [6, 6.07) is 5.96. The van der Waals surface area contributed by atoms with Crippen molar-refractivity contribution in [3.05, 3.63) is 48.0 Å². The third kappa shape index (κ3) is 3.93. The van der Waals surface area contributed by atoms with E-state index in [9.17, 15) is 4.79 Å². The van der Waals surface area contributed by atoms with Crippen LogP contribution in [0.3, 0.4) is 0 Å². The highest BCUT2D eigenvalue weighted by Crippen LogP contribution is 2.21. The van der Waals surface area contributed by atoms with Crippen molar-refractivity contribution in [2.45, 2.75) is 32.1 Å². The molecular weight excluding hydrogens is 276 g/mol. The van der Waals surface area contributed by atoms with Gasteiger partial charge in [-0.2, -0.15) is 5.10 Å². The molecule has 5 nitrogen and oxygen atoms in total. The van der Waals surface area contributed by atoms with Crippen molar-refractivity contribution in [3.63, 3.8) is 0 Å². The number of aromatic amines is 1. The number of carbonyl (C=O) groups is 1. The van der Waals surface area contributed by atoms with Crippen molar-refractivity contribution in [1.82, 2.24) is 20.1 Å². The van der Waals surface area contributed by atoms with E-state index in [2.05, 4.69) is 15.2 Å². The van der Waals surface area contributed by atoms with Gasteiger partial charge in [-0.05, 0) is 49.3 Å². The van der Waals surface area contributed by atoms with Crippen LogP contribution in [0.25, 0.3) is 0 Å². The van der Waals surface area contributed by atoms with Crippen molar-refractivity contribution >= 4 is 5.91 Å². The number of aryl methyl sites for hydroxylation is 1. The lowest BCUT2D eigenvalue weighted by Crippen LogP contribution is -2.40. The molecule has 1 amide bonds. The third-order valence-electron chi connectivity index (χ3n) is 4.29. The van der Waals surface area contributed by atoms with E-state index in [1.807, 2.05) is 29.3 Å². The summed E-state index contributed by atoms with van der Waals surface area (Å²) in [7, 11) is 0. The van der Waals surface area contributed by atoms with Crippen molar-refractivity contribution in [2.75, 3.05) is 13.1 Å². The number of rotatable bonds is 5. The number of likely N-dealkylation sites (tertiary alicyclic amines) is 1. The Kier molecular flexibility index (Phi) is 4.83. The Morgan fingerprint density at radius 1 is 1.36 bits per heavy atom. The van der Waals surface area contributed by atoms with Gasteiger partial charge >= 0.3 is 0 Å². The summed E-state index contributed by atoms with van der Waals surface area (Å²) >= 11 is 0. The lowest BCUT2D eigenvalue weighted by molar-refractivity contribution is -0.133. The maximum absolute atomic E-state index is 12.4. The minimum atomic E-state index is 0.262. The molecule has 1 aliphatic rings. The van der Waals surface area contributed by atoms with Gasteiger partial charge in [-0.25, -0.2) is 0 Å². The molecule has 1 N–H and O–H groups in total. The number of carbonyl (C=O) groups excluding carboxylic acids is 1. The number of nitrogens with one attached hydrogen (secondary N) is 1. The van der Waals surface area contributed by atoms with Crippen LogP contribution in [0, 0.1) is 5.92 Å². The molecule has 3 heterocycles. The van der Waals surface area contributed by atoms with Gasteiger partial charge in [-0.1, -0.05) is 6.07 Å². The molecule has 116 valence electrons. The second-order valence-corrected chi connectivity index (χ2v) is 6.00. The summed E-state index contributed by atoms with van der Waals surface area (Å²) in [5.74, 6) is 0.801. The summed E-state index contributed by atoms with van der Waals surface area (Å²) in [4.78, 5) is 18.5. The first kappa shape index (κ1) is 14.8. The first-order valence-corrected chi connectivity index (χ1v) is 7.96. The number of nitrogens with zero attached hydrogens (tertiary/aromatic N) is 3. The van der Waals surface area contributed by atoms with Gasteiger partial charge in [0.25, 0.3) is 0 Å². The standard InChI is InChI=1S/C17H22N4O/c22-17(6-5-14-3-1-8-18-12-14)21-10-2-4-15(13-21)11-16-7-9-19-20-16/h1,3,7-9,12,15H,2,4-6,10-11,13H2,(H,19,20)/t15-/m0/s1. The Bertz CT molecular complexity index is 582. The maximum Gasteiger partial charge on any atom is 0.222 e. The van der Waals surface area contributed by atoms with Crippen LogP contribution in [-0.4, -0.2) is 39.1 Å². The molecule has 0 aromatic carbocycles. The molecule has 0 aliphatic carbocycles. The van der Waals surface area contributed by atoms with Gasteiger partial charge in [0.1, 0.15) is 0 Å². The minimum absolute atomic E-state index is 0.262. The molecule has 0 spiro atoms. The van der Waals surface area contributed by atoms with Gasteiger partial charge in [-0.3, -0.25) is 14.9 Å². The Morgan fingerprint density at radius 2 is 2.32 bits per heavy atom. The van der Waals surface area contributed by atoms with E-state index in [1.165, 1.54) is 6.42 Å². The van der Waals surface area contributed by atoms with E-state index in [4.69, 9.17) is 0 Å². The molecule has 0 unspecified atom stereocenters. The highest BCUT2D eigenvalue weighted by molar-refractivity contribution is 5.76. The van der Waals surface area contributed by atoms with Crippen molar-refractivity contribution in [3.8, 4) is 0 Å². The van der Waals surface area contributed by atoms with Gasteiger partial charge in [0.2, 0.25) is 5.91 Å². The van der Waals surface area contributed by atoms with Crippen LogP contribution in [0.2, 0.25) is 0 Å². The fourth-order valence-electron chi connectivity index (χ4n) is 3.12. The summed E-state index contributed by atoms with van der Waals surface area (Å²) in [5, 5.41) is 7.01. The topological polar surface area (TPSA) is 61.9 Å². The molecule has 2 aromatic heterocycles. The average Bonchev–Trinajstić information content (AvgIpc) is 3.07. The number of H-pyrrole nitrogens is 1. The van der Waals surface area contributed by atoms with E-state index >= 15 is 0 Å². The Hall–Kier alpha value is -2.17. The molecule has 5 heteroatoms. The molecule has 0 saturated carbocycles. The largest absolute Gasteiger partial charge is 0.342 e. The van der Waals surface area contributed by atoms with Crippen molar-refractivity contribution < 1.29 is 4.79 Å². The summed E-state index contributed by atoms with van der Waals surface area (Å²) < 4.78 is 0. The number of hydrogen-bond donors (Lipinski definition) is 1. The number of aromatic nitrogens is 3. The molecule has 1 atom stereocenters. The zero-order valence-electron chi connectivity index (χ0n) is 12.7. The molecule has 2 aromatic rings. The van der Waals surface area contributed by atoms with E-state index in [0.29, 0.717) is 12.3 Å². The Balaban J connectivity index is 1.49. The Morgan fingerprint density at radius 3 is 3.09 bits per heavy atom. The predicted octanol–water partition coefficient (Wildman–Crippen LogP) is 2.22. The van der Waals surface area contributed by atoms with Gasteiger partial charge in [0.05, 0.1) is 0 Å². The quantitative estimate of drug-likeness (QED) is 0.920. The van der Waals surface area contributed by atoms with Crippen LogP contribution in [0.15, 0.2) is 36.8 Å². The highest BCUT2D eigenvalue weighted by Gasteiger charge is 2.23. The minimum Gasteiger partial charge on any atom is -0.342 e. The molecule has 1 saturated heterocycles. The van der Waals surface area contributed by atoms with E-state index in [-0.39, 0.29) is 5.91 Å². The lowest BCUT2D eigenvalue weighted by Gasteiger charge is -2.32. The molecule has 1 fully saturated rings. The van der Waals surface area contributed by atoms with Gasteiger partial charge in [-0.15, -0.1) is 0 Å². The highest BCUT2D eigenvalue weighted by atomic mass is 16.2. The SMILES string of the molecule is O=C(CCc1cccnc1)N1CCC[C@@H](Cc2ccn[nH]2)C1. The van der Waals surface area contributed by atoms with Gasteiger partial charge in [0.15, 0.2) is 0 Å². The average molecular weight is 298 g/mol. The molecule has 1 aliphatic heterocycles. The van der Waals surface area contributed by atoms with Crippen LogP contribution in [0.4, 0.5) is 0 Å². The predicted molar refractivity (Wildman–Crippen MR) is 84.2 cm³/mol. The molecule has 0 bridgehead atoms. The summed E-state index contributed by atoms with van der Waals surface area (Å²) in [5.41, 5.74) is 2.29. The van der Waals surface area contributed by atoms with Crippen LogP contribution in [0.1, 0.15) is 30.5 Å². The molecule has 0 radical (unpaired) electrons. The normalized spacial score (nSPS) is 18.4. The van der Waals surface area contributed by atoms with Crippen LogP contribution >= 0.6 is 0 Å². The zero-order chi connectivity index (χ0) is 15.2. The smallest absolute Gasteiger partial charge is 0.222 e. The number of amides is 1. The second-order valence-electron chi connectivity index (χ2n) is 6.00. The Labute approximate surface area is 130 Å². The number of hydrogen-bond acceptors (Lipinski definition) is 3. The molecule has 3 rings (SSSR count). The van der Waals surface area contributed by atoms with Crippen molar-refractivity contribution in [1.29, 1.82) is 0 Å². The summed E-state index contributed by atoms with van der Waals surface area (Å²) in [6.07, 6.45) is 9.99. The monoisotopic (exact) mass is 298 g/mol. The molecular formula is C17H22N4O. The third-order valence-corrected chi connectivity index (χ3v) is 4.29. The van der Waals surface area contributed by atoms with Crippen LogP contribution in [-0.2, 0) is 17.6 Å². The lowest BCUT2D eigenvalue weighted by atomic mass is 9.93. The number of pyridine rings is 1. The van der Waals surface area contributed by atoms with Crippen molar-refractivity contribution in [2.24, 2.45) is 5.92 Å².